The van der Waals surface area contributed by atoms with Crippen LogP contribution in [0.15, 0.2) is 6.07 Å². The zero-order valence-corrected chi connectivity index (χ0v) is 13.7. The van der Waals surface area contributed by atoms with Gasteiger partial charge >= 0.3 is 0 Å². The first-order chi connectivity index (χ1) is 11.0. The maximum atomic E-state index is 12.1. The molecule has 0 aliphatic heterocycles. The number of hydrogen-bond donors (Lipinski definition) is 3. The van der Waals surface area contributed by atoms with Gasteiger partial charge in [0, 0.05) is 12.5 Å². The van der Waals surface area contributed by atoms with Gasteiger partial charge in [-0.15, -0.1) is 0 Å². The lowest BCUT2D eigenvalue weighted by atomic mass is 9.99. The number of aldehydes is 1. The molecule has 5 heteroatoms. The Hall–Kier alpha value is -2.04. The molecule has 5 nitrogen and oxygen atoms in total. The fourth-order valence-corrected chi connectivity index (χ4v) is 2.59. The maximum Gasteiger partial charge on any atom is 0.170 e. The van der Waals surface area contributed by atoms with Crippen LogP contribution in [0.1, 0.15) is 85.4 Å². The zero-order chi connectivity index (χ0) is 17.2. The summed E-state index contributed by atoms with van der Waals surface area (Å²) in [6.07, 6.45) is 9.19. The molecule has 0 atom stereocenters. The first-order valence-corrected chi connectivity index (χ1v) is 8.29. The Balaban J connectivity index is 2.48. The quantitative estimate of drug-likeness (QED) is 0.320. The molecule has 1 rings (SSSR count). The van der Waals surface area contributed by atoms with Crippen LogP contribution in [0.4, 0.5) is 0 Å². The summed E-state index contributed by atoms with van der Waals surface area (Å²) >= 11 is 0. The molecule has 1 aromatic carbocycles. The third-order valence-corrected chi connectivity index (χ3v) is 3.95. The van der Waals surface area contributed by atoms with Gasteiger partial charge in [0.2, 0.25) is 0 Å². The summed E-state index contributed by atoms with van der Waals surface area (Å²) in [5, 5.41) is 29.1. The number of hydrogen-bond acceptors (Lipinski definition) is 5. The third kappa shape index (κ3) is 5.58. The molecule has 0 heterocycles. The number of unbranched alkanes of at least 4 members (excludes halogenated alkanes) is 7. The molecule has 3 N–H and O–H groups in total. The molecule has 0 radical (unpaired) electrons. The fraction of sp³-hybridized carbons (Fsp3) is 0.556. The van der Waals surface area contributed by atoms with E-state index >= 15 is 0 Å². The van der Waals surface area contributed by atoms with E-state index in [0.717, 1.165) is 25.3 Å². The van der Waals surface area contributed by atoms with Crippen molar-refractivity contribution in [3.63, 3.8) is 0 Å². The number of carbonyl (C=O) groups is 2. The fourth-order valence-electron chi connectivity index (χ4n) is 2.59. The first-order valence-electron chi connectivity index (χ1n) is 8.29. The van der Waals surface area contributed by atoms with Gasteiger partial charge in [0.1, 0.15) is 22.8 Å². The van der Waals surface area contributed by atoms with Crippen molar-refractivity contribution in [3.05, 3.63) is 17.2 Å². The summed E-state index contributed by atoms with van der Waals surface area (Å²) in [7, 11) is 0. The highest BCUT2D eigenvalue weighted by Gasteiger charge is 2.22. The van der Waals surface area contributed by atoms with Crippen molar-refractivity contribution in [2.45, 2.75) is 64.7 Å². The normalized spacial score (nSPS) is 10.7. The van der Waals surface area contributed by atoms with Crippen molar-refractivity contribution in [3.8, 4) is 17.2 Å². The van der Waals surface area contributed by atoms with E-state index in [1.807, 2.05) is 0 Å². The highest BCUT2D eigenvalue weighted by molar-refractivity contribution is 6.04. The van der Waals surface area contributed by atoms with Gasteiger partial charge in [-0.05, 0) is 6.42 Å². The molecule has 0 aromatic heterocycles. The van der Waals surface area contributed by atoms with Crippen molar-refractivity contribution in [2.75, 3.05) is 0 Å². The lowest BCUT2D eigenvalue weighted by Crippen LogP contribution is -2.02. The van der Waals surface area contributed by atoms with Crippen molar-refractivity contribution >= 4 is 12.1 Å². The number of phenols is 3. The highest BCUT2D eigenvalue weighted by atomic mass is 16.3. The van der Waals surface area contributed by atoms with Gasteiger partial charge < -0.3 is 15.3 Å². The van der Waals surface area contributed by atoms with Crippen molar-refractivity contribution < 1.29 is 24.9 Å². The van der Waals surface area contributed by atoms with Gasteiger partial charge in [0.05, 0.1) is 5.56 Å². The number of Topliss-reactive ketones (excluding diaryl/α,β-unsaturated/α-hetero) is 1. The molecule has 0 amide bonds. The smallest absolute Gasteiger partial charge is 0.170 e. The molecule has 128 valence electrons. The van der Waals surface area contributed by atoms with Crippen LogP contribution < -0.4 is 0 Å². The van der Waals surface area contributed by atoms with Crippen molar-refractivity contribution in [2.24, 2.45) is 0 Å². The van der Waals surface area contributed by atoms with Gasteiger partial charge in [-0.25, -0.2) is 0 Å². The van der Waals surface area contributed by atoms with Crippen LogP contribution >= 0.6 is 0 Å². The van der Waals surface area contributed by atoms with Crippen LogP contribution in [0.5, 0.6) is 17.2 Å². The Bertz CT molecular complexity index is 537. The highest BCUT2D eigenvalue weighted by Crippen LogP contribution is 2.37. The van der Waals surface area contributed by atoms with Crippen LogP contribution in [-0.4, -0.2) is 27.4 Å². The monoisotopic (exact) mass is 322 g/mol. The summed E-state index contributed by atoms with van der Waals surface area (Å²) < 4.78 is 0. The third-order valence-electron chi connectivity index (χ3n) is 3.95. The topological polar surface area (TPSA) is 94.8 Å². The zero-order valence-electron chi connectivity index (χ0n) is 13.7. The standard InChI is InChI=1S/C18H26O5/c1-2-3-4-5-6-7-8-9-10-14(20)17-16(22)11-15(21)13(12-19)18(17)23/h11-12,21-23H,2-10H2,1H3. The second-order valence-electron chi connectivity index (χ2n) is 5.82. The second kappa shape index (κ2) is 9.87. The minimum atomic E-state index is -0.651. The Morgan fingerprint density at radius 3 is 2.09 bits per heavy atom. The van der Waals surface area contributed by atoms with E-state index in [-0.39, 0.29) is 23.8 Å². The van der Waals surface area contributed by atoms with Gasteiger partial charge in [-0.2, -0.15) is 0 Å². The predicted molar refractivity (Wildman–Crippen MR) is 88.4 cm³/mol. The van der Waals surface area contributed by atoms with Gasteiger partial charge in [-0.3, -0.25) is 9.59 Å². The molecule has 0 spiro atoms. The van der Waals surface area contributed by atoms with Gasteiger partial charge in [0.15, 0.2) is 12.1 Å². The molecule has 0 aliphatic carbocycles. The van der Waals surface area contributed by atoms with Gasteiger partial charge in [-0.1, -0.05) is 51.9 Å². The van der Waals surface area contributed by atoms with Gasteiger partial charge in [0.25, 0.3) is 0 Å². The van der Waals surface area contributed by atoms with Crippen LogP contribution in [0.2, 0.25) is 0 Å². The minimum Gasteiger partial charge on any atom is -0.507 e. The van der Waals surface area contributed by atoms with Crippen molar-refractivity contribution in [1.29, 1.82) is 0 Å². The van der Waals surface area contributed by atoms with E-state index < -0.39 is 23.0 Å². The molecule has 0 aliphatic rings. The molecule has 0 unspecified atom stereocenters. The molecular formula is C18H26O5. The molecule has 0 fully saturated rings. The van der Waals surface area contributed by atoms with E-state index in [1.54, 1.807) is 0 Å². The summed E-state index contributed by atoms with van der Waals surface area (Å²) in [6.45, 7) is 2.18. The van der Waals surface area contributed by atoms with E-state index in [9.17, 15) is 24.9 Å². The molecule has 23 heavy (non-hydrogen) atoms. The van der Waals surface area contributed by atoms with Crippen LogP contribution in [0, 0.1) is 0 Å². The Kier molecular flexibility index (Phi) is 8.16. The second-order valence-corrected chi connectivity index (χ2v) is 5.82. The number of aromatic hydroxyl groups is 3. The SMILES string of the molecule is CCCCCCCCCCC(=O)c1c(O)cc(O)c(C=O)c1O. The molecule has 0 bridgehead atoms. The number of ketones is 1. The molecule has 0 saturated carbocycles. The molecule has 0 saturated heterocycles. The lowest BCUT2D eigenvalue weighted by molar-refractivity contribution is 0.0973. The summed E-state index contributed by atoms with van der Waals surface area (Å²) in [4.78, 5) is 23.0. The largest absolute Gasteiger partial charge is 0.507 e. The Morgan fingerprint density at radius 2 is 1.52 bits per heavy atom. The van der Waals surface area contributed by atoms with E-state index in [1.165, 1.54) is 25.7 Å². The average molecular weight is 322 g/mol. The summed E-state index contributed by atoms with van der Waals surface area (Å²) in [5.74, 6) is -2.12. The number of rotatable bonds is 11. The van der Waals surface area contributed by atoms with E-state index in [4.69, 9.17) is 0 Å². The Labute approximate surface area is 137 Å². The molecule has 1 aromatic rings. The van der Waals surface area contributed by atoms with E-state index in [2.05, 4.69) is 6.92 Å². The summed E-state index contributed by atoms with van der Waals surface area (Å²) in [6, 6.07) is 0.907. The first kappa shape index (κ1) is 19.0. The van der Waals surface area contributed by atoms with Crippen LogP contribution in [0.3, 0.4) is 0 Å². The number of phenolic OH excluding ortho intramolecular Hbond substituents is 3. The number of benzene rings is 1. The summed E-state index contributed by atoms with van der Waals surface area (Å²) in [5.41, 5.74) is -0.657. The Morgan fingerprint density at radius 1 is 0.957 bits per heavy atom. The minimum absolute atomic E-state index is 0.194. The van der Waals surface area contributed by atoms with Crippen LogP contribution in [-0.2, 0) is 0 Å². The lowest BCUT2D eigenvalue weighted by Gasteiger charge is -2.09. The maximum absolute atomic E-state index is 12.1. The average Bonchev–Trinajstić information content (AvgIpc) is 2.50. The predicted octanol–water partition coefficient (Wildman–Crippen LogP) is 4.33. The van der Waals surface area contributed by atoms with Crippen LogP contribution in [0.25, 0.3) is 0 Å². The van der Waals surface area contributed by atoms with Crippen molar-refractivity contribution in [1.82, 2.24) is 0 Å². The number of carbonyl (C=O) groups excluding carboxylic acids is 2. The van der Waals surface area contributed by atoms with E-state index in [0.29, 0.717) is 6.42 Å². The molecular weight excluding hydrogens is 296 g/mol.